The molecule has 4 heteroatoms. The lowest BCUT2D eigenvalue weighted by Gasteiger charge is -2.18. The molecule has 29 heavy (non-hydrogen) atoms. The largest absolute Gasteiger partial charge is 0.489 e. The Hall–Kier alpha value is -3.40. The number of carbonyl (C=O) groups is 2. The molecule has 0 saturated carbocycles. The van der Waals surface area contributed by atoms with E-state index in [1.54, 1.807) is 18.2 Å². The highest BCUT2D eigenvalue weighted by Gasteiger charge is 2.24. The molecule has 1 N–H and O–H groups in total. The first-order chi connectivity index (χ1) is 14.0. The van der Waals surface area contributed by atoms with E-state index in [1.807, 2.05) is 67.6 Å². The number of carboxylic acids is 1. The summed E-state index contributed by atoms with van der Waals surface area (Å²) >= 11 is 0. The summed E-state index contributed by atoms with van der Waals surface area (Å²) in [6.45, 7) is 2.36. The zero-order valence-corrected chi connectivity index (χ0v) is 16.4. The molecule has 148 valence electrons. The van der Waals surface area contributed by atoms with Crippen molar-refractivity contribution >= 4 is 11.8 Å². The standard InChI is InChI=1S/C25H24O4/c1-18-8-5-6-13-22(18)23(14-15-24(26)27)25(28)20-11-7-12-21(16-20)29-17-19-9-3-2-4-10-19/h2-13,16,23H,14-15,17H2,1H3,(H,26,27). The molecule has 3 aromatic carbocycles. The third-order valence-electron chi connectivity index (χ3n) is 4.89. The zero-order chi connectivity index (χ0) is 20.6. The average Bonchev–Trinajstić information content (AvgIpc) is 2.74. The molecule has 3 rings (SSSR count). The van der Waals surface area contributed by atoms with Crippen LogP contribution in [0.1, 0.15) is 45.8 Å². The van der Waals surface area contributed by atoms with Crippen molar-refractivity contribution in [2.45, 2.75) is 32.3 Å². The lowest BCUT2D eigenvalue weighted by atomic mass is 9.85. The lowest BCUT2D eigenvalue weighted by molar-refractivity contribution is -0.137. The number of ether oxygens (including phenoxy) is 1. The Bertz CT molecular complexity index is 979. The minimum atomic E-state index is -0.906. The molecule has 0 aliphatic heterocycles. The molecule has 0 fully saturated rings. The second-order valence-electron chi connectivity index (χ2n) is 7.01. The molecule has 3 aromatic rings. The van der Waals surface area contributed by atoms with Crippen molar-refractivity contribution in [1.29, 1.82) is 0 Å². The highest BCUT2D eigenvalue weighted by molar-refractivity contribution is 6.01. The molecular formula is C25H24O4. The van der Waals surface area contributed by atoms with E-state index in [-0.39, 0.29) is 18.6 Å². The van der Waals surface area contributed by atoms with Gasteiger partial charge < -0.3 is 9.84 Å². The van der Waals surface area contributed by atoms with Crippen LogP contribution in [0.25, 0.3) is 0 Å². The van der Waals surface area contributed by atoms with Crippen molar-refractivity contribution in [2.75, 3.05) is 0 Å². The van der Waals surface area contributed by atoms with Gasteiger partial charge >= 0.3 is 5.97 Å². The quantitative estimate of drug-likeness (QED) is 0.498. The van der Waals surface area contributed by atoms with Crippen LogP contribution >= 0.6 is 0 Å². The van der Waals surface area contributed by atoms with Gasteiger partial charge in [0.2, 0.25) is 0 Å². The topological polar surface area (TPSA) is 63.6 Å². The predicted molar refractivity (Wildman–Crippen MR) is 112 cm³/mol. The number of hydrogen-bond donors (Lipinski definition) is 1. The molecular weight excluding hydrogens is 364 g/mol. The van der Waals surface area contributed by atoms with Crippen LogP contribution in [0.5, 0.6) is 5.75 Å². The van der Waals surface area contributed by atoms with Crippen molar-refractivity contribution in [3.05, 3.63) is 101 Å². The van der Waals surface area contributed by atoms with E-state index >= 15 is 0 Å². The molecule has 0 bridgehead atoms. The van der Waals surface area contributed by atoms with Crippen LogP contribution in [-0.2, 0) is 11.4 Å². The van der Waals surface area contributed by atoms with Crippen LogP contribution in [0.3, 0.4) is 0 Å². The Balaban J connectivity index is 1.81. The van der Waals surface area contributed by atoms with Crippen LogP contribution in [0.4, 0.5) is 0 Å². The van der Waals surface area contributed by atoms with Crippen molar-refractivity contribution in [2.24, 2.45) is 0 Å². The molecule has 1 unspecified atom stereocenters. The molecule has 0 spiro atoms. The monoisotopic (exact) mass is 388 g/mol. The average molecular weight is 388 g/mol. The summed E-state index contributed by atoms with van der Waals surface area (Å²) in [5.74, 6) is -0.889. The number of hydrogen-bond acceptors (Lipinski definition) is 3. The first-order valence-corrected chi connectivity index (χ1v) is 9.63. The maximum atomic E-state index is 13.3. The van der Waals surface area contributed by atoms with E-state index in [9.17, 15) is 9.59 Å². The Morgan fingerprint density at radius 2 is 1.66 bits per heavy atom. The number of aryl methyl sites for hydroxylation is 1. The SMILES string of the molecule is Cc1ccccc1C(CCC(=O)O)C(=O)c1cccc(OCc2ccccc2)c1. The molecule has 0 aliphatic carbocycles. The van der Waals surface area contributed by atoms with Gasteiger partial charge in [-0.3, -0.25) is 9.59 Å². The van der Waals surface area contributed by atoms with E-state index in [2.05, 4.69) is 0 Å². The van der Waals surface area contributed by atoms with E-state index in [0.29, 0.717) is 17.9 Å². The molecule has 0 aromatic heterocycles. The smallest absolute Gasteiger partial charge is 0.303 e. The van der Waals surface area contributed by atoms with E-state index < -0.39 is 11.9 Å². The molecule has 0 amide bonds. The first-order valence-electron chi connectivity index (χ1n) is 9.63. The second-order valence-corrected chi connectivity index (χ2v) is 7.01. The Morgan fingerprint density at radius 3 is 2.38 bits per heavy atom. The molecule has 0 radical (unpaired) electrons. The van der Waals surface area contributed by atoms with Gasteiger partial charge in [0.25, 0.3) is 0 Å². The fourth-order valence-electron chi connectivity index (χ4n) is 3.35. The van der Waals surface area contributed by atoms with Gasteiger partial charge in [0, 0.05) is 17.9 Å². The van der Waals surface area contributed by atoms with Gasteiger partial charge in [0.1, 0.15) is 12.4 Å². The number of carboxylic acid groups (broad SMARTS) is 1. The summed E-state index contributed by atoms with van der Waals surface area (Å²) < 4.78 is 5.84. The fraction of sp³-hybridized carbons (Fsp3) is 0.200. The number of ketones is 1. The summed E-state index contributed by atoms with van der Waals surface area (Å²) in [7, 11) is 0. The zero-order valence-electron chi connectivity index (χ0n) is 16.4. The Kier molecular flexibility index (Phi) is 6.80. The minimum Gasteiger partial charge on any atom is -0.489 e. The fourth-order valence-corrected chi connectivity index (χ4v) is 3.35. The van der Waals surface area contributed by atoms with E-state index in [1.165, 1.54) is 0 Å². The van der Waals surface area contributed by atoms with E-state index in [0.717, 1.165) is 16.7 Å². The number of benzene rings is 3. The highest BCUT2D eigenvalue weighted by atomic mass is 16.5. The Labute approximate surface area is 170 Å². The summed E-state index contributed by atoms with van der Waals surface area (Å²) in [5, 5.41) is 9.12. The summed E-state index contributed by atoms with van der Waals surface area (Å²) in [6.07, 6.45) is 0.197. The van der Waals surface area contributed by atoms with Crippen molar-refractivity contribution in [3.8, 4) is 5.75 Å². The lowest BCUT2D eigenvalue weighted by Crippen LogP contribution is -2.16. The van der Waals surface area contributed by atoms with Crippen LogP contribution in [0.2, 0.25) is 0 Å². The van der Waals surface area contributed by atoms with Crippen LogP contribution in [-0.4, -0.2) is 16.9 Å². The summed E-state index contributed by atoms with van der Waals surface area (Å²) in [6, 6.07) is 24.5. The van der Waals surface area contributed by atoms with Gasteiger partial charge in [-0.05, 0) is 42.2 Å². The number of aliphatic carboxylic acids is 1. The van der Waals surface area contributed by atoms with E-state index in [4.69, 9.17) is 9.84 Å². The maximum Gasteiger partial charge on any atom is 0.303 e. The normalized spacial score (nSPS) is 11.6. The van der Waals surface area contributed by atoms with Crippen molar-refractivity contribution < 1.29 is 19.4 Å². The predicted octanol–water partition coefficient (Wildman–Crippen LogP) is 5.41. The number of Topliss-reactive ketones (excluding diaryl/α,β-unsaturated/α-hetero) is 1. The second kappa shape index (κ2) is 9.69. The Morgan fingerprint density at radius 1 is 0.931 bits per heavy atom. The van der Waals surface area contributed by atoms with Crippen LogP contribution in [0, 0.1) is 6.92 Å². The summed E-state index contributed by atoms with van der Waals surface area (Å²) in [5.41, 5.74) is 3.42. The molecule has 1 atom stereocenters. The van der Waals surface area contributed by atoms with Gasteiger partial charge in [-0.1, -0.05) is 66.7 Å². The molecule has 0 saturated heterocycles. The van der Waals surface area contributed by atoms with Gasteiger partial charge in [-0.15, -0.1) is 0 Å². The van der Waals surface area contributed by atoms with Gasteiger partial charge in [-0.2, -0.15) is 0 Å². The molecule has 0 aliphatic rings. The summed E-state index contributed by atoms with van der Waals surface area (Å²) in [4.78, 5) is 24.4. The van der Waals surface area contributed by atoms with Gasteiger partial charge in [0.15, 0.2) is 5.78 Å². The molecule has 4 nitrogen and oxygen atoms in total. The van der Waals surface area contributed by atoms with Crippen molar-refractivity contribution in [3.63, 3.8) is 0 Å². The van der Waals surface area contributed by atoms with Crippen LogP contribution < -0.4 is 4.74 Å². The maximum absolute atomic E-state index is 13.3. The number of rotatable bonds is 9. The number of carbonyl (C=O) groups excluding carboxylic acids is 1. The third kappa shape index (κ3) is 5.55. The highest BCUT2D eigenvalue weighted by Crippen LogP contribution is 2.29. The minimum absolute atomic E-state index is 0.0606. The van der Waals surface area contributed by atoms with Crippen LogP contribution in [0.15, 0.2) is 78.9 Å². The first kappa shape index (κ1) is 20.3. The van der Waals surface area contributed by atoms with Gasteiger partial charge in [-0.25, -0.2) is 0 Å². The van der Waals surface area contributed by atoms with Crippen molar-refractivity contribution in [1.82, 2.24) is 0 Å². The third-order valence-corrected chi connectivity index (χ3v) is 4.89. The molecule has 0 heterocycles. The van der Waals surface area contributed by atoms with Gasteiger partial charge in [0.05, 0.1) is 0 Å².